The van der Waals surface area contributed by atoms with Crippen LogP contribution in [0.4, 0.5) is 0 Å². The van der Waals surface area contributed by atoms with E-state index >= 15 is 0 Å². The van der Waals surface area contributed by atoms with Gasteiger partial charge in [0.05, 0.1) is 6.10 Å². The van der Waals surface area contributed by atoms with Gasteiger partial charge in [0.2, 0.25) is 0 Å². The Balaban J connectivity index is 2.25. The van der Waals surface area contributed by atoms with Crippen LogP contribution in [0, 0.1) is 0 Å². The molecule has 0 aromatic carbocycles. The highest BCUT2D eigenvalue weighted by Gasteiger charge is 2.16. The van der Waals surface area contributed by atoms with Crippen molar-refractivity contribution < 1.29 is 5.11 Å². The molecule has 0 saturated carbocycles. The number of hydrogen-bond donors (Lipinski definition) is 1. The molecule has 1 rings (SSSR count). The maximum atomic E-state index is 10.1. The van der Waals surface area contributed by atoms with Gasteiger partial charge >= 0.3 is 0 Å². The number of unbranched alkanes of at least 4 members (excludes halogenated alkanes) is 4. The van der Waals surface area contributed by atoms with Crippen molar-refractivity contribution in [2.45, 2.75) is 64.4 Å². The van der Waals surface area contributed by atoms with Gasteiger partial charge in [0.25, 0.3) is 0 Å². The van der Waals surface area contributed by atoms with Crippen LogP contribution in [0.25, 0.3) is 0 Å². The van der Waals surface area contributed by atoms with Crippen LogP contribution in [-0.4, -0.2) is 16.2 Å². The Bertz CT molecular complexity index is 286. The lowest BCUT2D eigenvalue weighted by molar-refractivity contribution is 0.134. The molecule has 2 nitrogen and oxygen atoms in total. The predicted octanol–water partition coefficient (Wildman–Crippen LogP) is 3.91. The summed E-state index contributed by atoms with van der Waals surface area (Å²) in [5, 5.41) is 10.1. The summed E-state index contributed by atoms with van der Waals surface area (Å²) in [7, 11) is 0. The summed E-state index contributed by atoms with van der Waals surface area (Å²) < 4.78 is 0. The van der Waals surface area contributed by atoms with Gasteiger partial charge in [0, 0.05) is 17.8 Å². The number of hydrogen-bond acceptors (Lipinski definition) is 2. The van der Waals surface area contributed by atoms with Crippen molar-refractivity contribution in [3.05, 3.63) is 30.1 Å². The van der Waals surface area contributed by atoms with Crippen molar-refractivity contribution in [2.24, 2.45) is 0 Å². The van der Waals surface area contributed by atoms with E-state index in [2.05, 4.69) is 18.8 Å². The number of pyridine rings is 1. The van der Waals surface area contributed by atoms with Crippen LogP contribution in [0.5, 0.6) is 0 Å². The highest BCUT2D eigenvalue weighted by atomic mass is 16.3. The first kappa shape index (κ1) is 14.2. The zero-order chi connectivity index (χ0) is 12.5. The summed E-state index contributed by atoms with van der Waals surface area (Å²) >= 11 is 0. The molecule has 1 N–H and O–H groups in total. The van der Waals surface area contributed by atoms with E-state index in [1.54, 1.807) is 6.20 Å². The Morgan fingerprint density at radius 2 is 1.94 bits per heavy atom. The molecule has 0 aliphatic rings. The van der Waals surface area contributed by atoms with E-state index < -0.39 is 0 Å². The third kappa shape index (κ3) is 5.31. The molecule has 1 aromatic rings. The van der Waals surface area contributed by atoms with Gasteiger partial charge in [-0.15, -0.1) is 0 Å². The smallest absolute Gasteiger partial charge is 0.0621 e. The van der Waals surface area contributed by atoms with Crippen molar-refractivity contribution in [2.75, 3.05) is 0 Å². The minimum atomic E-state index is -0.258. The predicted molar refractivity (Wildman–Crippen MR) is 72.0 cm³/mol. The fourth-order valence-corrected chi connectivity index (χ4v) is 2.05. The van der Waals surface area contributed by atoms with Crippen molar-refractivity contribution in [3.8, 4) is 0 Å². The molecule has 0 bridgehead atoms. The molecule has 0 aliphatic heterocycles. The number of aliphatic hydroxyl groups excluding tert-OH is 1. The molecule has 2 unspecified atom stereocenters. The van der Waals surface area contributed by atoms with Crippen molar-refractivity contribution in [3.63, 3.8) is 0 Å². The van der Waals surface area contributed by atoms with E-state index in [0.29, 0.717) is 0 Å². The van der Waals surface area contributed by atoms with Gasteiger partial charge in [-0.1, -0.05) is 52.0 Å². The summed E-state index contributed by atoms with van der Waals surface area (Å²) in [6.07, 6.45) is 8.66. The summed E-state index contributed by atoms with van der Waals surface area (Å²) in [5.41, 5.74) is 0.994. The summed E-state index contributed by atoms with van der Waals surface area (Å²) in [6.45, 7) is 4.27. The molecule has 2 heteroatoms. The molecule has 1 aromatic heterocycles. The van der Waals surface area contributed by atoms with Gasteiger partial charge in [0.15, 0.2) is 0 Å². The first-order valence-corrected chi connectivity index (χ1v) is 6.84. The maximum absolute atomic E-state index is 10.1. The number of nitrogens with zero attached hydrogens (tertiary/aromatic N) is 1. The largest absolute Gasteiger partial charge is 0.392 e. The van der Waals surface area contributed by atoms with Gasteiger partial charge in [-0.05, 0) is 18.6 Å². The molecule has 96 valence electrons. The highest BCUT2D eigenvalue weighted by molar-refractivity contribution is 5.09. The first-order chi connectivity index (χ1) is 8.25. The zero-order valence-electron chi connectivity index (χ0n) is 11.1. The molecule has 0 radical (unpaired) electrons. The van der Waals surface area contributed by atoms with Crippen LogP contribution < -0.4 is 0 Å². The third-order valence-corrected chi connectivity index (χ3v) is 3.33. The first-order valence-electron chi connectivity index (χ1n) is 6.84. The second-order valence-electron chi connectivity index (χ2n) is 4.81. The van der Waals surface area contributed by atoms with E-state index in [-0.39, 0.29) is 12.0 Å². The average molecular weight is 235 g/mol. The van der Waals surface area contributed by atoms with E-state index in [1.165, 1.54) is 25.7 Å². The molecule has 0 spiro atoms. The number of aliphatic hydroxyl groups is 1. The van der Waals surface area contributed by atoms with Gasteiger partial charge in [-0.3, -0.25) is 4.98 Å². The van der Waals surface area contributed by atoms with Crippen molar-refractivity contribution in [1.29, 1.82) is 0 Å². The lowest BCUT2D eigenvalue weighted by Crippen LogP contribution is -2.16. The minimum absolute atomic E-state index is 0.141. The minimum Gasteiger partial charge on any atom is -0.392 e. The highest BCUT2D eigenvalue weighted by Crippen LogP contribution is 2.21. The second-order valence-corrected chi connectivity index (χ2v) is 4.81. The Kier molecular flexibility index (Phi) is 6.87. The Morgan fingerprint density at radius 1 is 1.18 bits per heavy atom. The average Bonchev–Trinajstić information content (AvgIpc) is 2.38. The molecule has 0 saturated heterocycles. The standard InChI is InChI=1S/C15H25NO/c1-3-4-5-6-7-11-15(17)13(2)14-10-8-9-12-16-14/h8-10,12-13,15,17H,3-7,11H2,1-2H3. The molecule has 0 amide bonds. The van der Waals surface area contributed by atoms with E-state index in [0.717, 1.165) is 18.5 Å². The van der Waals surface area contributed by atoms with Gasteiger partial charge in [-0.25, -0.2) is 0 Å². The topological polar surface area (TPSA) is 33.1 Å². The summed E-state index contributed by atoms with van der Waals surface area (Å²) in [6, 6.07) is 5.88. The van der Waals surface area contributed by atoms with Crippen LogP contribution in [0.1, 0.15) is 64.0 Å². The third-order valence-electron chi connectivity index (χ3n) is 3.33. The second kappa shape index (κ2) is 8.24. The molecule has 17 heavy (non-hydrogen) atoms. The monoisotopic (exact) mass is 235 g/mol. The Hall–Kier alpha value is -0.890. The molecular weight excluding hydrogens is 210 g/mol. The fourth-order valence-electron chi connectivity index (χ4n) is 2.05. The Morgan fingerprint density at radius 3 is 2.59 bits per heavy atom. The fraction of sp³-hybridized carbons (Fsp3) is 0.667. The summed E-state index contributed by atoms with van der Waals surface area (Å²) in [4.78, 5) is 4.30. The molecule has 1 heterocycles. The Labute approximate surface area is 105 Å². The van der Waals surface area contributed by atoms with E-state index in [1.807, 2.05) is 18.2 Å². The van der Waals surface area contributed by atoms with Crippen LogP contribution in [0.3, 0.4) is 0 Å². The van der Waals surface area contributed by atoms with E-state index in [9.17, 15) is 5.11 Å². The van der Waals surface area contributed by atoms with Gasteiger partial charge in [0.1, 0.15) is 0 Å². The number of rotatable bonds is 8. The zero-order valence-corrected chi connectivity index (χ0v) is 11.1. The van der Waals surface area contributed by atoms with Gasteiger partial charge < -0.3 is 5.11 Å². The van der Waals surface area contributed by atoms with Crippen LogP contribution in [0.2, 0.25) is 0 Å². The van der Waals surface area contributed by atoms with Crippen LogP contribution >= 0.6 is 0 Å². The summed E-state index contributed by atoms with van der Waals surface area (Å²) in [5.74, 6) is 0.141. The molecular formula is C15H25NO. The molecule has 2 atom stereocenters. The lowest BCUT2D eigenvalue weighted by Gasteiger charge is -2.18. The van der Waals surface area contributed by atoms with E-state index in [4.69, 9.17) is 0 Å². The van der Waals surface area contributed by atoms with Crippen LogP contribution in [0.15, 0.2) is 24.4 Å². The van der Waals surface area contributed by atoms with Crippen molar-refractivity contribution in [1.82, 2.24) is 4.98 Å². The normalized spacial score (nSPS) is 14.5. The van der Waals surface area contributed by atoms with Crippen molar-refractivity contribution >= 4 is 0 Å². The number of aromatic nitrogens is 1. The molecule has 0 aliphatic carbocycles. The SMILES string of the molecule is CCCCCCCC(O)C(C)c1ccccn1. The quantitative estimate of drug-likeness (QED) is 0.693. The van der Waals surface area contributed by atoms with Crippen LogP contribution in [-0.2, 0) is 0 Å². The lowest BCUT2D eigenvalue weighted by atomic mass is 9.95. The maximum Gasteiger partial charge on any atom is 0.0621 e. The molecule has 0 fully saturated rings. The van der Waals surface area contributed by atoms with Gasteiger partial charge in [-0.2, -0.15) is 0 Å².